The van der Waals surface area contributed by atoms with E-state index in [1.807, 2.05) is 32.0 Å². The number of carbonyl (C=O) groups excluding carboxylic acids is 2. The Labute approximate surface area is 192 Å². The van der Waals surface area contributed by atoms with Gasteiger partial charge >= 0.3 is 6.03 Å². The van der Waals surface area contributed by atoms with Crippen molar-refractivity contribution >= 4 is 23.3 Å². The summed E-state index contributed by atoms with van der Waals surface area (Å²) in [6.45, 7) is 5.20. The lowest BCUT2D eigenvalue weighted by molar-refractivity contribution is -0.116. The summed E-state index contributed by atoms with van der Waals surface area (Å²) in [6, 6.07) is 12.6. The molecule has 1 aliphatic rings. The lowest BCUT2D eigenvalue weighted by Gasteiger charge is -2.30. The third-order valence-corrected chi connectivity index (χ3v) is 5.48. The molecule has 9 heteroatoms. The summed E-state index contributed by atoms with van der Waals surface area (Å²) in [5.41, 5.74) is 2.07. The van der Waals surface area contributed by atoms with Crippen molar-refractivity contribution in [1.82, 2.24) is 20.0 Å². The van der Waals surface area contributed by atoms with Crippen molar-refractivity contribution in [2.75, 3.05) is 23.7 Å². The number of hydrogen-bond acceptors (Lipinski definition) is 6. The van der Waals surface area contributed by atoms with Crippen LogP contribution in [0, 0.1) is 5.92 Å². The Hall–Kier alpha value is -3.75. The van der Waals surface area contributed by atoms with E-state index in [-0.39, 0.29) is 17.9 Å². The minimum Gasteiger partial charge on any atom is -0.339 e. The Balaban J connectivity index is 1.27. The fourth-order valence-electron chi connectivity index (χ4n) is 3.75. The molecule has 33 heavy (non-hydrogen) atoms. The first-order valence-corrected chi connectivity index (χ1v) is 11.2. The van der Waals surface area contributed by atoms with E-state index in [2.05, 4.69) is 25.8 Å². The second-order valence-corrected chi connectivity index (χ2v) is 8.59. The smallest absolute Gasteiger partial charge is 0.321 e. The molecule has 1 aromatic carbocycles. The average Bonchev–Trinajstić information content (AvgIpc) is 3.31. The largest absolute Gasteiger partial charge is 0.339 e. The zero-order chi connectivity index (χ0) is 23.2. The molecule has 0 spiro atoms. The molecule has 2 N–H and O–H groups in total. The normalized spacial score (nSPS) is 14.3. The van der Waals surface area contributed by atoms with Crippen LogP contribution in [-0.4, -0.2) is 45.1 Å². The minimum absolute atomic E-state index is 0.0157. The molecule has 3 amide bonds. The third kappa shape index (κ3) is 5.94. The zero-order valence-electron chi connectivity index (χ0n) is 18.8. The summed E-state index contributed by atoms with van der Waals surface area (Å²) in [7, 11) is 0. The van der Waals surface area contributed by atoms with Crippen molar-refractivity contribution < 1.29 is 14.1 Å². The quantitative estimate of drug-likeness (QED) is 0.573. The van der Waals surface area contributed by atoms with Gasteiger partial charge in [0.1, 0.15) is 5.69 Å². The van der Waals surface area contributed by atoms with Crippen LogP contribution in [0.3, 0.4) is 0 Å². The SMILES string of the molecule is CC(C)CC(=O)Nc1ccc(NC(=O)N2CCC(c3nc(-c4ccccn4)no3)CC2)cc1. The number of nitrogens with one attached hydrogen (secondary N) is 2. The van der Waals surface area contributed by atoms with E-state index >= 15 is 0 Å². The van der Waals surface area contributed by atoms with Crippen LogP contribution in [0.1, 0.15) is 44.9 Å². The molecule has 0 unspecified atom stereocenters. The highest BCUT2D eigenvalue weighted by atomic mass is 16.5. The highest BCUT2D eigenvalue weighted by Crippen LogP contribution is 2.28. The maximum Gasteiger partial charge on any atom is 0.321 e. The van der Waals surface area contributed by atoms with Gasteiger partial charge < -0.3 is 20.1 Å². The average molecular weight is 449 g/mol. The van der Waals surface area contributed by atoms with E-state index in [4.69, 9.17) is 4.52 Å². The lowest BCUT2D eigenvalue weighted by atomic mass is 9.97. The number of aromatic nitrogens is 3. The second kappa shape index (κ2) is 10.2. The number of amides is 3. The number of anilines is 2. The number of rotatable bonds is 6. The topological polar surface area (TPSA) is 113 Å². The Morgan fingerprint density at radius 3 is 2.39 bits per heavy atom. The molecule has 0 aliphatic carbocycles. The lowest BCUT2D eigenvalue weighted by Crippen LogP contribution is -2.40. The van der Waals surface area contributed by atoms with Crippen molar-refractivity contribution in [2.45, 2.75) is 39.0 Å². The molecule has 1 fully saturated rings. The second-order valence-electron chi connectivity index (χ2n) is 8.59. The number of carbonyl (C=O) groups is 2. The predicted molar refractivity (Wildman–Crippen MR) is 125 cm³/mol. The molecule has 0 bridgehead atoms. The van der Waals surface area contributed by atoms with Crippen molar-refractivity contribution in [1.29, 1.82) is 0 Å². The van der Waals surface area contributed by atoms with Gasteiger partial charge in [0, 0.05) is 43.0 Å². The zero-order valence-corrected chi connectivity index (χ0v) is 18.8. The van der Waals surface area contributed by atoms with Gasteiger partial charge in [-0.25, -0.2) is 4.79 Å². The minimum atomic E-state index is -0.148. The van der Waals surface area contributed by atoms with Crippen LogP contribution in [0.5, 0.6) is 0 Å². The van der Waals surface area contributed by atoms with Gasteiger partial charge in [-0.15, -0.1) is 0 Å². The molecule has 172 valence electrons. The number of urea groups is 1. The molecule has 1 aliphatic heterocycles. The van der Waals surface area contributed by atoms with Gasteiger partial charge in [0.25, 0.3) is 0 Å². The highest BCUT2D eigenvalue weighted by Gasteiger charge is 2.28. The van der Waals surface area contributed by atoms with Gasteiger partial charge in [0.2, 0.25) is 17.6 Å². The number of benzene rings is 1. The van der Waals surface area contributed by atoms with Gasteiger partial charge in [-0.1, -0.05) is 25.1 Å². The fraction of sp³-hybridized carbons (Fsp3) is 0.375. The molecular weight excluding hydrogens is 420 g/mol. The van der Waals surface area contributed by atoms with E-state index in [0.29, 0.717) is 54.2 Å². The van der Waals surface area contributed by atoms with Crippen LogP contribution in [0.15, 0.2) is 53.2 Å². The summed E-state index contributed by atoms with van der Waals surface area (Å²) in [6.07, 6.45) is 3.66. The van der Waals surface area contributed by atoms with E-state index in [0.717, 1.165) is 12.8 Å². The Kier molecular flexibility index (Phi) is 6.97. The Morgan fingerprint density at radius 2 is 1.76 bits per heavy atom. The molecular formula is C24H28N6O3. The van der Waals surface area contributed by atoms with Crippen LogP contribution in [0.2, 0.25) is 0 Å². The number of nitrogens with zero attached hydrogens (tertiary/aromatic N) is 4. The first-order valence-electron chi connectivity index (χ1n) is 11.2. The van der Waals surface area contributed by atoms with Crippen LogP contribution in [0.25, 0.3) is 11.5 Å². The van der Waals surface area contributed by atoms with Crippen molar-refractivity contribution in [3.8, 4) is 11.5 Å². The highest BCUT2D eigenvalue weighted by molar-refractivity contribution is 5.92. The molecule has 3 heterocycles. The standard InChI is InChI=1S/C24H28N6O3/c1-16(2)15-21(31)26-18-6-8-19(9-7-18)27-24(32)30-13-10-17(11-14-30)23-28-22(29-33-23)20-5-3-4-12-25-20/h3-9,12,16-17H,10-11,13-15H2,1-2H3,(H,26,31)(H,27,32). The third-order valence-electron chi connectivity index (χ3n) is 5.48. The van der Waals surface area contributed by atoms with Gasteiger partial charge in [-0.05, 0) is 55.2 Å². The van der Waals surface area contributed by atoms with Crippen molar-refractivity contribution in [2.24, 2.45) is 5.92 Å². The number of pyridine rings is 1. The molecule has 3 aromatic rings. The van der Waals surface area contributed by atoms with E-state index in [9.17, 15) is 9.59 Å². The first-order chi connectivity index (χ1) is 16.0. The molecule has 0 saturated carbocycles. The van der Waals surface area contributed by atoms with E-state index in [1.54, 1.807) is 35.4 Å². The van der Waals surface area contributed by atoms with Gasteiger partial charge in [-0.3, -0.25) is 9.78 Å². The number of hydrogen-bond donors (Lipinski definition) is 2. The molecule has 0 atom stereocenters. The van der Waals surface area contributed by atoms with E-state index < -0.39 is 0 Å². The monoisotopic (exact) mass is 448 g/mol. The van der Waals surface area contributed by atoms with Crippen molar-refractivity contribution in [3.63, 3.8) is 0 Å². The molecule has 9 nitrogen and oxygen atoms in total. The van der Waals surface area contributed by atoms with Crippen LogP contribution < -0.4 is 10.6 Å². The molecule has 0 radical (unpaired) electrons. The van der Waals surface area contributed by atoms with E-state index in [1.165, 1.54) is 0 Å². The molecule has 2 aromatic heterocycles. The maximum absolute atomic E-state index is 12.7. The Morgan fingerprint density at radius 1 is 1.06 bits per heavy atom. The Bertz CT molecular complexity index is 1070. The predicted octanol–water partition coefficient (Wildman–Crippen LogP) is 4.53. The fourth-order valence-corrected chi connectivity index (χ4v) is 3.75. The summed E-state index contributed by atoms with van der Waals surface area (Å²) >= 11 is 0. The van der Waals surface area contributed by atoms with Crippen molar-refractivity contribution in [3.05, 3.63) is 54.6 Å². The van der Waals surface area contributed by atoms with Gasteiger partial charge in [0.05, 0.1) is 0 Å². The number of piperidine rings is 1. The van der Waals surface area contributed by atoms with Gasteiger partial charge in [0.15, 0.2) is 0 Å². The van der Waals surface area contributed by atoms with Crippen LogP contribution in [-0.2, 0) is 4.79 Å². The van der Waals surface area contributed by atoms with Crippen LogP contribution in [0.4, 0.5) is 16.2 Å². The summed E-state index contributed by atoms with van der Waals surface area (Å²) in [5.74, 6) is 1.47. The van der Waals surface area contributed by atoms with Gasteiger partial charge in [-0.2, -0.15) is 4.98 Å². The number of likely N-dealkylation sites (tertiary alicyclic amines) is 1. The summed E-state index contributed by atoms with van der Waals surface area (Å²) in [5, 5.41) is 9.83. The molecule has 1 saturated heterocycles. The molecule has 4 rings (SSSR count). The summed E-state index contributed by atoms with van der Waals surface area (Å²) in [4.78, 5) is 35.1. The van der Waals surface area contributed by atoms with Crippen LogP contribution >= 0.6 is 0 Å². The maximum atomic E-state index is 12.7. The first kappa shape index (κ1) is 22.4. The summed E-state index contributed by atoms with van der Waals surface area (Å²) < 4.78 is 5.46.